The topological polar surface area (TPSA) is 65.4 Å². The van der Waals surface area contributed by atoms with E-state index in [1.54, 1.807) is 25.0 Å². The molecule has 6 nitrogen and oxygen atoms in total. The first-order valence-corrected chi connectivity index (χ1v) is 8.64. The number of aromatic nitrogens is 2. The molecule has 3 aromatic rings. The molecule has 0 saturated carbocycles. The fourth-order valence-electron chi connectivity index (χ4n) is 2.80. The van der Waals surface area contributed by atoms with Gasteiger partial charge in [-0.2, -0.15) is 5.10 Å². The number of rotatable bonds is 6. The maximum atomic E-state index is 12.5. The lowest BCUT2D eigenvalue weighted by Crippen LogP contribution is -2.23. The third-order valence-corrected chi connectivity index (χ3v) is 4.30. The van der Waals surface area contributed by atoms with E-state index in [9.17, 15) is 4.79 Å². The Bertz CT molecular complexity index is 946. The Morgan fingerprint density at radius 1 is 1.00 bits per heavy atom. The summed E-state index contributed by atoms with van der Waals surface area (Å²) in [5, 5.41) is 7.34. The SMILES string of the molecule is COc1ccc(CNC(=O)c2cc(C)n(-c3ccc(C)cc3)n2)cc1OC. The second-order valence-electron chi connectivity index (χ2n) is 6.29. The minimum atomic E-state index is -0.223. The molecule has 27 heavy (non-hydrogen) atoms. The molecule has 1 N–H and O–H groups in total. The summed E-state index contributed by atoms with van der Waals surface area (Å²) in [6.45, 7) is 4.33. The van der Waals surface area contributed by atoms with Crippen LogP contribution in [0.2, 0.25) is 0 Å². The normalized spacial score (nSPS) is 10.5. The minimum Gasteiger partial charge on any atom is -0.493 e. The van der Waals surface area contributed by atoms with E-state index in [-0.39, 0.29) is 5.91 Å². The summed E-state index contributed by atoms with van der Waals surface area (Å²) in [6.07, 6.45) is 0. The van der Waals surface area contributed by atoms with Gasteiger partial charge in [-0.1, -0.05) is 23.8 Å². The number of carbonyl (C=O) groups excluding carboxylic acids is 1. The van der Waals surface area contributed by atoms with Crippen LogP contribution in [-0.2, 0) is 6.54 Å². The molecule has 1 amide bonds. The zero-order valence-corrected chi connectivity index (χ0v) is 15.9. The first-order chi connectivity index (χ1) is 13.0. The van der Waals surface area contributed by atoms with Crippen molar-refractivity contribution in [2.24, 2.45) is 0 Å². The van der Waals surface area contributed by atoms with Crippen molar-refractivity contribution in [1.82, 2.24) is 15.1 Å². The average molecular weight is 365 g/mol. The summed E-state index contributed by atoms with van der Waals surface area (Å²) in [6, 6.07) is 15.3. The molecule has 0 unspecified atom stereocenters. The van der Waals surface area contributed by atoms with Crippen molar-refractivity contribution < 1.29 is 14.3 Å². The molecule has 2 aromatic carbocycles. The highest BCUT2D eigenvalue weighted by molar-refractivity contribution is 5.92. The van der Waals surface area contributed by atoms with Crippen molar-refractivity contribution in [2.45, 2.75) is 20.4 Å². The summed E-state index contributed by atoms with van der Waals surface area (Å²) in [5.74, 6) is 1.06. The van der Waals surface area contributed by atoms with Crippen molar-refractivity contribution in [3.05, 3.63) is 71.0 Å². The lowest BCUT2D eigenvalue weighted by molar-refractivity contribution is 0.0945. The molecule has 0 fully saturated rings. The Labute approximate surface area is 158 Å². The van der Waals surface area contributed by atoms with E-state index in [0.717, 1.165) is 16.9 Å². The average Bonchev–Trinajstić information content (AvgIpc) is 3.08. The van der Waals surface area contributed by atoms with E-state index in [2.05, 4.69) is 10.4 Å². The van der Waals surface area contributed by atoms with Crippen LogP contribution in [0.1, 0.15) is 27.3 Å². The monoisotopic (exact) mass is 365 g/mol. The van der Waals surface area contributed by atoms with Gasteiger partial charge < -0.3 is 14.8 Å². The van der Waals surface area contributed by atoms with Gasteiger partial charge in [0.25, 0.3) is 5.91 Å². The first-order valence-electron chi connectivity index (χ1n) is 8.64. The van der Waals surface area contributed by atoms with Gasteiger partial charge in [-0.3, -0.25) is 4.79 Å². The van der Waals surface area contributed by atoms with Crippen LogP contribution in [0.5, 0.6) is 11.5 Å². The number of hydrogen-bond donors (Lipinski definition) is 1. The van der Waals surface area contributed by atoms with Gasteiger partial charge in [0.1, 0.15) is 0 Å². The van der Waals surface area contributed by atoms with Crippen molar-refractivity contribution in [3.63, 3.8) is 0 Å². The molecule has 0 bridgehead atoms. The van der Waals surface area contributed by atoms with Crippen molar-refractivity contribution >= 4 is 5.91 Å². The van der Waals surface area contributed by atoms with E-state index in [1.807, 2.05) is 56.3 Å². The Morgan fingerprint density at radius 3 is 2.37 bits per heavy atom. The van der Waals surface area contributed by atoms with Crippen LogP contribution in [0.4, 0.5) is 0 Å². The number of benzene rings is 2. The third kappa shape index (κ3) is 4.11. The highest BCUT2D eigenvalue weighted by Crippen LogP contribution is 2.27. The van der Waals surface area contributed by atoms with Crippen LogP contribution >= 0.6 is 0 Å². The number of nitrogens with one attached hydrogen (secondary N) is 1. The number of nitrogens with zero attached hydrogens (tertiary/aromatic N) is 2. The molecule has 0 saturated heterocycles. The summed E-state index contributed by atoms with van der Waals surface area (Å²) in [5.41, 5.74) is 4.30. The van der Waals surface area contributed by atoms with Crippen LogP contribution in [0.3, 0.4) is 0 Å². The lowest BCUT2D eigenvalue weighted by atomic mass is 10.2. The summed E-state index contributed by atoms with van der Waals surface area (Å²) in [7, 11) is 3.17. The Hall–Kier alpha value is -3.28. The molecule has 6 heteroatoms. The molecule has 0 atom stereocenters. The molecular formula is C21H23N3O3. The molecule has 140 valence electrons. The summed E-state index contributed by atoms with van der Waals surface area (Å²) >= 11 is 0. The van der Waals surface area contributed by atoms with Crippen molar-refractivity contribution in [3.8, 4) is 17.2 Å². The van der Waals surface area contributed by atoms with Gasteiger partial charge >= 0.3 is 0 Å². The zero-order chi connectivity index (χ0) is 19.4. The van der Waals surface area contributed by atoms with Crippen LogP contribution in [0.25, 0.3) is 5.69 Å². The van der Waals surface area contributed by atoms with Gasteiger partial charge in [-0.05, 0) is 49.7 Å². The summed E-state index contributed by atoms with van der Waals surface area (Å²) < 4.78 is 12.3. The summed E-state index contributed by atoms with van der Waals surface area (Å²) in [4.78, 5) is 12.5. The molecule has 0 aliphatic rings. The van der Waals surface area contributed by atoms with E-state index in [0.29, 0.717) is 23.7 Å². The molecule has 0 spiro atoms. The van der Waals surface area contributed by atoms with Crippen LogP contribution in [0.15, 0.2) is 48.5 Å². The van der Waals surface area contributed by atoms with Gasteiger partial charge in [-0.25, -0.2) is 4.68 Å². The van der Waals surface area contributed by atoms with Crippen molar-refractivity contribution in [2.75, 3.05) is 14.2 Å². The van der Waals surface area contributed by atoms with Gasteiger partial charge in [-0.15, -0.1) is 0 Å². The van der Waals surface area contributed by atoms with Gasteiger partial charge in [0.15, 0.2) is 17.2 Å². The second-order valence-corrected chi connectivity index (χ2v) is 6.29. The number of aryl methyl sites for hydroxylation is 2. The molecule has 3 rings (SSSR count). The predicted molar refractivity (Wildman–Crippen MR) is 104 cm³/mol. The largest absolute Gasteiger partial charge is 0.493 e. The van der Waals surface area contributed by atoms with Crippen LogP contribution in [-0.4, -0.2) is 29.9 Å². The first kappa shape index (κ1) is 18.5. The number of amides is 1. The van der Waals surface area contributed by atoms with Gasteiger partial charge in [0.2, 0.25) is 0 Å². The van der Waals surface area contributed by atoms with Gasteiger partial charge in [0.05, 0.1) is 19.9 Å². The smallest absolute Gasteiger partial charge is 0.272 e. The quantitative estimate of drug-likeness (QED) is 0.727. The van der Waals surface area contributed by atoms with Crippen LogP contribution < -0.4 is 14.8 Å². The Balaban J connectivity index is 1.72. The second kappa shape index (κ2) is 7.95. The highest BCUT2D eigenvalue weighted by Gasteiger charge is 2.13. The fourth-order valence-corrected chi connectivity index (χ4v) is 2.80. The zero-order valence-electron chi connectivity index (χ0n) is 15.9. The minimum absolute atomic E-state index is 0.223. The molecule has 0 aliphatic heterocycles. The Morgan fingerprint density at radius 2 is 1.70 bits per heavy atom. The van der Waals surface area contributed by atoms with E-state index >= 15 is 0 Å². The lowest BCUT2D eigenvalue weighted by Gasteiger charge is -2.10. The standard InChI is InChI=1S/C21H23N3O3/c1-14-5-8-17(9-6-14)24-15(2)11-18(23-24)21(25)22-13-16-7-10-19(26-3)20(12-16)27-4/h5-12H,13H2,1-4H3,(H,22,25). The maximum Gasteiger partial charge on any atom is 0.272 e. The predicted octanol–water partition coefficient (Wildman–Crippen LogP) is 3.44. The number of hydrogen-bond acceptors (Lipinski definition) is 4. The number of ether oxygens (including phenoxy) is 2. The third-order valence-electron chi connectivity index (χ3n) is 4.30. The fraction of sp³-hybridized carbons (Fsp3) is 0.238. The van der Waals surface area contributed by atoms with E-state index < -0.39 is 0 Å². The van der Waals surface area contributed by atoms with Crippen molar-refractivity contribution in [1.29, 1.82) is 0 Å². The molecular weight excluding hydrogens is 342 g/mol. The Kier molecular flexibility index (Phi) is 5.45. The number of carbonyl (C=O) groups is 1. The number of methoxy groups -OCH3 is 2. The molecule has 0 radical (unpaired) electrons. The molecule has 1 heterocycles. The van der Waals surface area contributed by atoms with E-state index in [4.69, 9.17) is 9.47 Å². The van der Waals surface area contributed by atoms with Crippen LogP contribution in [0, 0.1) is 13.8 Å². The van der Waals surface area contributed by atoms with E-state index in [1.165, 1.54) is 5.56 Å². The molecule has 0 aliphatic carbocycles. The molecule has 1 aromatic heterocycles. The van der Waals surface area contributed by atoms with Gasteiger partial charge in [0, 0.05) is 12.2 Å². The maximum absolute atomic E-state index is 12.5. The highest BCUT2D eigenvalue weighted by atomic mass is 16.5.